The van der Waals surface area contributed by atoms with E-state index in [1.807, 2.05) is 44.3 Å². The van der Waals surface area contributed by atoms with Gasteiger partial charge in [0.25, 0.3) is 0 Å². The molecule has 1 N–H and O–H groups in total. The molecule has 1 aliphatic rings. The number of rotatable bonds is 4. The van der Waals surface area contributed by atoms with E-state index in [-0.39, 0.29) is 5.92 Å². The third-order valence-electron chi connectivity index (χ3n) is 7.58. The quantitative estimate of drug-likeness (QED) is 0.292. The summed E-state index contributed by atoms with van der Waals surface area (Å²) >= 11 is 0. The molecule has 190 valence electrons. The molecular weight excluding hydrogens is 478 g/mol. The Morgan fingerprint density at radius 1 is 0.974 bits per heavy atom. The highest BCUT2D eigenvalue weighted by Gasteiger charge is 2.25. The number of aryl methyl sites for hydroxylation is 2. The zero-order valence-electron chi connectivity index (χ0n) is 21.5. The second-order valence-corrected chi connectivity index (χ2v) is 9.84. The van der Waals surface area contributed by atoms with E-state index >= 15 is 0 Å². The number of aromatic amines is 1. The van der Waals surface area contributed by atoms with E-state index in [1.165, 1.54) is 0 Å². The first-order valence-corrected chi connectivity index (χ1v) is 12.9. The van der Waals surface area contributed by atoms with Crippen molar-refractivity contribution >= 4 is 32.8 Å². The van der Waals surface area contributed by atoms with E-state index in [1.54, 1.807) is 7.11 Å². The van der Waals surface area contributed by atoms with Crippen LogP contribution in [0.3, 0.4) is 0 Å². The lowest BCUT2D eigenvalue weighted by Gasteiger charge is -2.21. The normalized spacial score (nSPS) is 14.6. The number of benzene rings is 2. The molecule has 0 aliphatic carbocycles. The summed E-state index contributed by atoms with van der Waals surface area (Å²) in [7, 11) is 1.69. The minimum absolute atomic E-state index is 0.249. The lowest BCUT2D eigenvalue weighted by atomic mass is 9.97. The first kappa shape index (κ1) is 22.9. The smallest absolute Gasteiger partial charge is 0.142 e. The highest BCUT2D eigenvalue weighted by Crippen LogP contribution is 2.42. The molecule has 0 saturated carbocycles. The van der Waals surface area contributed by atoms with Gasteiger partial charge in [-0.3, -0.25) is 4.98 Å². The van der Waals surface area contributed by atoms with E-state index in [9.17, 15) is 0 Å². The highest BCUT2D eigenvalue weighted by atomic mass is 16.5. The van der Waals surface area contributed by atoms with Crippen molar-refractivity contribution in [3.8, 4) is 28.1 Å². The number of fused-ring (bicyclic) bond motifs is 4. The van der Waals surface area contributed by atoms with Gasteiger partial charge >= 0.3 is 0 Å². The van der Waals surface area contributed by atoms with E-state index < -0.39 is 0 Å². The fourth-order valence-electron chi connectivity index (χ4n) is 5.71. The van der Waals surface area contributed by atoms with Crippen LogP contribution in [0.1, 0.15) is 36.0 Å². The Labute approximate surface area is 219 Å². The molecule has 4 aromatic heterocycles. The predicted octanol–water partition coefficient (Wildman–Crippen LogP) is 6.50. The van der Waals surface area contributed by atoms with Gasteiger partial charge in [-0.25, -0.2) is 9.97 Å². The molecule has 8 heteroatoms. The number of aromatic nitrogens is 5. The number of hydrogen-bond donors (Lipinski definition) is 1. The summed E-state index contributed by atoms with van der Waals surface area (Å²) in [6.45, 7) is 5.32. The number of H-pyrrole nitrogens is 1. The van der Waals surface area contributed by atoms with Crippen LogP contribution in [0.5, 0.6) is 5.75 Å². The summed E-state index contributed by atoms with van der Waals surface area (Å²) in [5, 5.41) is 7.18. The van der Waals surface area contributed by atoms with Gasteiger partial charge in [0.2, 0.25) is 0 Å². The second kappa shape index (κ2) is 8.92. The molecule has 8 nitrogen and oxygen atoms in total. The summed E-state index contributed by atoms with van der Waals surface area (Å²) in [5.74, 6) is 2.59. The second-order valence-electron chi connectivity index (χ2n) is 9.84. The van der Waals surface area contributed by atoms with Crippen LogP contribution in [0.2, 0.25) is 0 Å². The minimum Gasteiger partial charge on any atom is -0.496 e. The summed E-state index contributed by atoms with van der Waals surface area (Å²) in [5.41, 5.74) is 7.32. The molecule has 0 radical (unpaired) electrons. The summed E-state index contributed by atoms with van der Waals surface area (Å²) in [6, 6.07) is 14.4. The molecule has 0 bridgehead atoms. The average Bonchev–Trinajstić information content (AvgIpc) is 3.49. The highest BCUT2D eigenvalue weighted by molar-refractivity contribution is 6.15. The monoisotopic (exact) mass is 505 g/mol. The van der Waals surface area contributed by atoms with Gasteiger partial charge < -0.3 is 19.0 Å². The van der Waals surface area contributed by atoms with Gasteiger partial charge in [0.1, 0.15) is 23.0 Å². The fraction of sp³-hybridized carbons (Fsp3) is 0.267. The molecule has 7 rings (SSSR count). The molecule has 2 aromatic carbocycles. The third kappa shape index (κ3) is 3.55. The van der Waals surface area contributed by atoms with Crippen molar-refractivity contribution < 1.29 is 14.0 Å². The number of ether oxygens (including phenoxy) is 2. The van der Waals surface area contributed by atoms with Crippen LogP contribution < -0.4 is 4.74 Å². The Morgan fingerprint density at radius 2 is 1.82 bits per heavy atom. The molecule has 1 saturated heterocycles. The molecule has 38 heavy (non-hydrogen) atoms. The standard InChI is InChI=1S/C30H27N5O3/c1-16-26(17(2)38-35-16)22-14-24-21(15-25(22)36-3)27-28(20-8-11-31-23-7-5-4-6-19(20)23)33-29(34-30(27)32-24)18-9-12-37-13-10-18/h4-8,11,14-15,18H,9-10,12-13H2,1-3H3,(H,32,33,34). The maximum Gasteiger partial charge on any atom is 0.142 e. The van der Waals surface area contributed by atoms with E-state index in [0.29, 0.717) is 0 Å². The van der Waals surface area contributed by atoms with Crippen molar-refractivity contribution in [3.63, 3.8) is 0 Å². The van der Waals surface area contributed by atoms with Crippen LogP contribution in [-0.4, -0.2) is 45.4 Å². The largest absolute Gasteiger partial charge is 0.496 e. The zero-order chi connectivity index (χ0) is 25.8. The van der Waals surface area contributed by atoms with Crippen LogP contribution in [0.4, 0.5) is 0 Å². The number of pyridine rings is 1. The van der Waals surface area contributed by atoms with E-state index in [2.05, 4.69) is 33.3 Å². The van der Waals surface area contributed by atoms with Crippen molar-refractivity contribution in [2.75, 3.05) is 20.3 Å². The van der Waals surface area contributed by atoms with Crippen molar-refractivity contribution in [1.29, 1.82) is 0 Å². The summed E-state index contributed by atoms with van der Waals surface area (Å²) in [6.07, 6.45) is 3.67. The number of nitrogens with zero attached hydrogens (tertiary/aromatic N) is 4. The molecule has 0 atom stereocenters. The van der Waals surface area contributed by atoms with Crippen LogP contribution in [-0.2, 0) is 4.74 Å². The molecule has 1 fully saturated rings. The molecule has 6 aromatic rings. The maximum absolute atomic E-state index is 5.89. The van der Waals surface area contributed by atoms with Crippen LogP contribution >= 0.6 is 0 Å². The van der Waals surface area contributed by atoms with Crippen molar-refractivity contribution in [1.82, 2.24) is 25.1 Å². The van der Waals surface area contributed by atoms with Gasteiger partial charge in [-0.05, 0) is 51.0 Å². The number of nitrogens with one attached hydrogen (secondary N) is 1. The third-order valence-corrected chi connectivity index (χ3v) is 7.58. The molecular formula is C30H27N5O3. The van der Waals surface area contributed by atoms with Gasteiger partial charge in [-0.2, -0.15) is 0 Å². The first-order valence-electron chi connectivity index (χ1n) is 12.9. The number of methoxy groups -OCH3 is 1. The lowest BCUT2D eigenvalue weighted by Crippen LogP contribution is -2.16. The number of hydrogen-bond acceptors (Lipinski definition) is 7. The van der Waals surface area contributed by atoms with Gasteiger partial charge in [0.15, 0.2) is 0 Å². The van der Waals surface area contributed by atoms with Gasteiger partial charge in [-0.1, -0.05) is 23.4 Å². The summed E-state index contributed by atoms with van der Waals surface area (Å²) in [4.78, 5) is 18.5. The minimum atomic E-state index is 0.249. The summed E-state index contributed by atoms with van der Waals surface area (Å²) < 4.78 is 17.0. The Bertz CT molecular complexity index is 1810. The van der Waals surface area contributed by atoms with Crippen LogP contribution in [0, 0.1) is 13.8 Å². The fourth-order valence-corrected chi connectivity index (χ4v) is 5.71. The molecule has 0 unspecified atom stereocenters. The lowest BCUT2D eigenvalue weighted by molar-refractivity contribution is 0.0837. The van der Waals surface area contributed by atoms with Crippen LogP contribution in [0.15, 0.2) is 53.2 Å². The number of para-hydroxylation sites is 1. The average molecular weight is 506 g/mol. The molecule has 0 amide bonds. The Hall–Kier alpha value is -4.30. The Balaban J connectivity index is 1.55. The zero-order valence-corrected chi connectivity index (χ0v) is 21.5. The first-order chi connectivity index (χ1) is 18.6. The maximum atomic E-state index is 5.89. The molecule has 5 heterocycles. The Morgan fingerprint density at radius 3 is 2.61 bits per heavy atom. The SMILES string of the molecule is COc1cc2c(cc1-c1c(C)noc1C)[nH]c1nc(C3CCOCC3)nc(-c3ccnc4ccccc34)c12. The van der Waals surface area contributed by atoms with E-state index in [4.69, 9.17) is 24.0 Å². The van der Waals surface area contributed by atoms with Crippen molar-refractivity contribution in [2.45, 2.75) is 32.6 Å². The van der Waals surface area contributed by atoms with Crippen molar-refractivity contribution in [2.24, 2.45) is 0 Å². The van der Waals surface area contributed by atoms with E-state index in [0.717, 1.165) is 104 Å². The topological polar surface area (TPSA) is 99.0 Å². The van der Waals surface area contributed by atoms with Crippen LogP contribution in [0.25, 0.3) is 55.2 Å². The van der Waals surface area contributed by atoms with Crippen molar-refractivity contribution in [3.05, 3.63) is 65.9 Å². The Kier molecular flexibility index (Phi) is 5.37. The molecule has 1 aliphatic heterocycles. The van der Waals surface area contributed by atoms with Gasteiger partial charge in [0, 0.05) is 52.7 Å². The van der Waals surface area contributed by atoms with Gasteiger partial charge in [-0.15, -0.1) is 0 Å². The predicted molar refractivity (Wildman–Crippen MR) is 146 cm³/mol. The van der Waals surface area contributed by atoms with Gasteiger partial charge in [0.05, 0.1) is 35.0 Å². The molecule has 0 spiro atoms.